The Bertz CT molecular complexity index is 1070. The minimum Gasteiger partial charge on any atom is -0.340 e. The van der Waals surface area contributed by atoms with Crippen LogP contribution in [0.2, 0.25) is 5.02 Å². The zero-order valence-electron chi connectivity index (χ0n) is 18.0. The lowest BCUT2D eigenvalue weighted by Gasteiger charge is -2.36. The van der Waals surface area contributed by atoms with Gasteiger partial charge in [0.25, 0.3) is 5.89 Å². The topological polar surface area (TPSA) is 62.5 Å². The van der Waals surface area contributed by atoms with Crippen LogP contribution in [0.15, 0.2) is 53.1 Å². The Hall–Kier alpha value is -2.70. The van der Waals surface area contributed by atoms with Gasteiger partial charge in [0.2, 0.25) is 11.7 Å². The molecule has 2 heterocycles. The maximum absolute atomic E-state index is 12.6. The minimum absolute atomic E-state index is 0.277. The Morgan fingerprint density at radius 2 is 1.75 bits per heavy atom. The van der Waals surface area contributed by atoms with E-state index in [0.717, 1.165) is 56.7 Å². The van der Waals surface area contributed by atoms with Crippen molar-refractivity contribution >= 4 is 17.5 Å². The highest BCUT2D eigenvalue weighted by Crippen LogP contribution is 2.27. The zero-order chi connectivity index (χ0) is 21.9. The molecule has 5 rings (SSSR count). The van der Waals surface area contributed by atoms with Crippen molar-refractivity contribution in [3.8, 4) is 22.8 Å². The summed E-state index contributed by atoms with van der Waals surface area (Å²) in [6.07, 6.45) is 4.56. The lowest BCUT2D eigenvalue weighted by molar-refractivity contribution is -0.137. The first-order valence-electron chi connectivity index (χ1n) is 11.4. The molecule has 0 atom stereocenters. The highest BCUT2D eigenvalue weighted by molar-refractivity contribution is 6.30. The number of carbonyl (C=O) groups is 1. The van der Waals surface area contributed by atoms with E-state index in [1.807, 2.05) is 36.4 Å². The van der Waals surface area contributed by atoms with Crippen molar-refractivity contribution in [2.45, 2.75) is 32.2 Å². The molecule has 0 unspecified atom stereocenters. The summed E-state index contributed by atoms with van der Waals surface area (Å²) in [6.45, 7) is 4.40. The van der Waals surface area contributed by atoms with Crippen LogP contribution >= 0.6 is 11.6 Å². The molecule has 6 nitrogen and oxygen atoms in total. The van der Waals surface area contributed by atoms with Gasteiger partial charge in [-0.05, 0) is 36.6 Å². The minimum atomic E-state index is 0.277. The van der Waals surface area contributed by atoms with E-state index in [-0.39, 0.29) is 5.92 Å². The van der Waals surface area contributed by atoms with Gasteiger partial charge in [-0.2, -0.15) is 4.98 Å². The number of amides is 1. The molecule has 1 amide bonds. The van der Waals surface area contributed by atoms with Gasteiger partial charge in [-0.25, -0.2) is 0 Å². The van der Waals surface area contributed by atoms with Crippen LogP contribution in [0.4, 0.5) is 0 Å². The lowest BCUT2D eigenvalue weighted by Crippen LogP contribution is -2.49. The van der Waals surface area contributed by atoms with Crippen LogP contribution in [0.1, 0.15) is 31.2 Å². The standard InChI is InChI=1S/C25H27ClN4O2/c26-22-7-3-6-21(16-22)24-27-23(28-32-24)19-10-8-18(9-11-19)17-29-12-14-30(15-13-29)25(31)20-4-1-2-5-20/h3,6-11,16,20H,1-2,4-5,12-15,17H2. The third kappa shape index (κ3) is 4.71. The van der Waals surface area contributed by atoms with E-state index in [4.69, 9.17) is 16.1 Å². The van der Waals surface area contributed by atoms with E-state index in [1.54, 1.807) is 0 Å². The molecular weight excluding hydrogens is 424 g/mol. The highest BCUT2D eigenvalue weighted by atomic mass is 35.5. The van der Waals surface area contributed by atoms with Gasteiger partial charge in [0.15, 0.2) is 0 Å². The second kappa shape index (κ2) is 9.43. The van der Waals surface area contributed by atoms with Crippen LogP contribution in [0.3, 0.4) is 0 Å². The van der Waals surface area contributed by atoms with Gasteiger partial charge in [0.05, 0.1) is 0 Å². The Labute approximate surface area is 193 Å². The zero-order valence-corrected chi connectivity index (χ0v) is 18.8. The molecule has 32 heavy (non-hydrogen) atoms. The third-order valence-corrected chi connectivity index (χ3v) is 6.74. The van der Waals surface area contributed by atoms with E-state index >= 15 is 0 Å². The van der Waals surface area contributed by atoms with Crippen molar-refractivity contribution in [2.24, 2.45) is 5.92 Å². The summed E-state index contributed by atoms with van der Waals surface area (Å²) in [5.74, 6) is 1.67. The molecule has 2 aliphatic rings. The van der Waals surface area contributed by atoms with Crippen LogP contribution in [-0.4, -0.2) is 52.0 Å². The molecule has 1 aliphatic carbocycles. The lowest BCUT2D eigenvalue weighted by atomic mass is 10.1. The van der Waals surface area contributed by atoms with E-state index in [2.05, 4.69) is 32.1 Å². The molecule has 166 valence electrons. The fraction of sp³-hybridized carbons (Fsp3) is 0.400. The van der Waals surface area contributed by atoms with Crippen molar-refractivity contribution in [1.82, 2.24) is 19.9 Å². The summed E-state index contributed by atoms with van der Waals surface area (Å²) in [6, 6.07) is 15.7. The van der Waals surface area contributed by atoms with Gasteiger partial charge in [-0.15, -0.1) is 0 Å². The SMILES string of the molecule is O=C(C1CCCC1)N1CCN(Cc2ccc(-c3noc(-c4cccc(Cl)c4)n3)cc2)CC1. The number of hydrogen-bond donors (Lipinski definition) is 0. The van der Waals surface area contributed by atoms with Crippen LogP contribution in [0, 0.1) is 5.92 Å². The molecule has 2 fully saturated rings. The highest BCUT2D eigenvalue weighted by Gasteiger charge is 2.29. The number of carbonyl (C=O) groups excluding carboxylic acids is 1. The van der Waals surface area contributed by atoms with Crippen molar-refractivity contribution < 1.29 is 9.32 Å². The van der Waals surface area contributed by atoms with Crippen molar-refractivity contribution in [3.63, 3.8) is 0 Å². The van der Waals surface area contributed by atoms with Gasteiger partial charge < -0.3 is 9.42 Å². The van der Waals surface area contributed by atoms with Crippen molar-refractivity contribution in [2.75, 3.05) is 26.2 Å². The first kappa shape index (κ1) is 21.2. The molecule has 0 bridgehead atoms. The van der Waals surface area contributed by atoms with Gasteiger partial charge >= 0.3 is 0 Å². The molecule has 0 radical (unpaired) electrons. The Morgan fingerprint density at radius 1 is 1.00 bits per heavy atom. The summed E-state index contributed by atoms with van der Waals surface area (Å²) in [5, 5.41) is 4.75. The molecule has 1 saturated carbocycles. The number of benzene rings is 2. The third-order valence-electron chi connectivity index (χ3n) is 6.50. The number of piperazine rings is 1. The predicted octanol–water partition coefficient (Wildman–Crippen LogP) is 4.89. The summed E-state index contributed by atoms with van der Waals surface area (Å²) >= 11 is 6.06. The van der Waals surface area contributed by atoms with Crippen molar-refractivity contribution in [1.29, 1.82) is 0 Å². The number of nitrogens with zero attached hydrogens (tertiary/aromatic N) is 4. The number of hydrogen-bond acceptors (Lipinski definition) is 5. The van der Waals surface area contributed by atoms with E-state index in [9.17, 15) is 4.79 Å². The molecule has 3 aromatic rings. The van der Waals surface area contributed by atoms with E-state index in [1.165, 1.54) is 18.4 Å². The molecule has 1 saturated heterocycles. The Morgan fingerprint density at radius 3 is 2.47 bits per heavy atom. The first-order chi connectivity index (χ1) is 15.7. The largest absolute Gasteiger partial charge is 0.340 e. The van der Waals surface area contributed by atoms with Crippen LogP contribution < -0.4 is 0 Å². The average Bonchev–Trinajstić information content (AvgIpc) is 3.53. The van der Waals surface area contributed by atoms with Gasteiger partial charge in [-0.1, -0.05) is 59.9 Å². The fourth-order valence-corrected chi connectivity index (χ4v) is 4.84. The van der Waals surface area contributed by atoms with Crippen LogP contribution in [-0.2, 0) is 11.3 Å². The molecule has 7 heteroatoms. The van der Waals surface area contributed by atoms with Gasteiger partial charge in [0, 0.05) is 54.8 Å². The maximum atomic E-state index is 12.6. The normalized spacial score (nSPS) is 17.7. The van der Waals surface area contributed by atoms with Crippen LogP contribution in [0.25, 0.3) is 22.8 Å². The van der Waals surface area contributed by atoms with Gasteiger partial charge in [0.1, 0.15) is 0 Å². The Balaban J connectivity index is 1.17. The number of rotatable bonds is 5. The maximum Gasteiger partial charge on any atom is 0.258 e. The molecule has 2 aromatic carbocycles. The Kier molecular flexibility index (Phi) is 6.23. The molecule has 1 aliphatic heterocycles. The quantitative estimate of drug-likeness (QED) is 0.553. The van der Waals surface area contributed by atoms with Gasteiger partial charge in [-0.3, -0.25) is 9.69 Å². The summed E-state index contributed by atoms with van der Waals surface area (Å²) in [5.41, 5.74) is 2.96. The molecule has 0 spiro atoms. The second-order valence-electron chi connectivity index (χ2n) is 8.71. The summed E-state index contributed by atoms with van der Waals surface area (Å²) in [4.78, 5) is 21.6. The fourth-order valence-electron chi connectivity index (χ4n) is 4.65. The van der Waals surface area contributed by atoms with Crippen LogP contribution in [0.5, 0.6) is 0 Å². The predicted molar refractivity (Wildman–Crippen MR) is 124 cm³/mol. The summed E-state index contributed by atoms with van der Waals surface area (Å²) < 4.78 is 5.42. The monoisotopic (exact) mass is 450 g/mol. The average molecular weight is 451 g/mol. The number of halogens is 1. The number of aromatic nitrogens is 2. The summed E-state index contributed by atoms with van der Waals surface area (Å²) in [7, 11) is 0. The smallest absolute Gasteiger partial charge is 0.258 e. The molecule has 1 aromatic heterocycles. The van der Waals surface area contributed by atoms with Crippen molar-refractivity contribution in [3.05, 3.63) is 59.1 Å². The van der Waals surface area contributed by atoms with E-state index < -0.39 is 0 Å². The molecule has 0 N–H and O–H groups in total. The van der Waals surface area contributed by atoms with E-state index in [0.29, 0.717) is 22.6 Å². The first-order valence-corrected chi connectivity index (χ1v) is 11.7. The molecular formula is C25H27ClN4O2. The second-order valence-corrected chi connectivity index (χ2v) is 9.15.